The van der Waals surface area contributed by atoms with Crippen molar-refractivity contribution in [2.24, 2.45) is 4.99 Å². The molecule has 0 spiro atoms. The molecular weight excluding hydrogens is 322 g/mol. The maximum Gasteiger partial charge on any atom is 0.288 e. The van der Waals surface area contributed by atoms with Crippen LogP contribution < -0.4 is 10.6 Å². The molecule has 0 atom stereocenters. The van der Waals surface area contributed by atoms with Gasteiger partial charge in [-0.25, -0.2) is 10.1 Å². The highest BCUT2D eigenvalue weighted by molar-refractivity contribution is 7.99. The van der Waals surface area contributed by atoms with Crippen LogP contribution in [-0.4, -0.2) is 28.5 Å². The molecule has 1 aliphatic heterocycles. The first kappa shape index (κ1) is 15.6. The van der Waals surface area contributed by atoms with E-state index >= 15 is 0 Å². The smallest absolute Gasteiger partial charge is 0.288 e. The Morgan fingerprint density at radius 1 is 1.17 bits per heavy atom. The molecule has 1 heterocycles. The molecule has 0 aliphatic carbocycles. The van der Waals surface area contributed by atoms with Gasteiger partial charge >= 0.3 is 0 Å². The minimum atomic E-state index is -2.55. The SMILES string of the molecule is O=C1CN(O)C(c2ccccc2)=c2cc(SC(F)F)ccc2=N1. The van der Waals surface area contributed by atoms with Crippen molar-refractivity contribution >= 4 is 23.4 Å². The number of fused-ring (bicyclic) bond motifs is 1. The fraction of sp³-hybridized carbons (Fsp3) is 0.125. The van der Waals surface area contributed by atoms with E-state index in [1.54, 1.807) is 24.3 Å². The average molecular weight is 334 g/mol. The highest BCUT2D eigenvalue weighted by Gasteiger charge is 2.18. The molecule has 0 fully saturated rings. The number of halogens is 2. The van der Waals surface area contributed by atoms with Crippen molar-refractivity contribution in [3.63, 3.8) is 0 Å². The van der Waals surface area contributed by atoms with Crippen LogP contribution in [0.4, 0.5) is 8.78 Å². The van der Waals surface area contributed by atoms with Crippen molar-refractivity contribution in [2.45, 2.75) is 10.7 Å². The second-order valence-corrected chi connectivity index (χ2v) is 5.90. The van der Waals surface area contributed by atoms with Crippen LogP contribution in [-0.2, 0) is 4.79 Å². The number of hydroxylamine groups is 2. The van der Waals surface area contributed by atoms with Gasteiger partial charge in [0.25, 0.3) is 11.7 Å². The fourth-order valence-corrected chi connectivity index (χ4v) is 2.93. The molecule has 1 aliphatic rings. The molecule has 0 unspecified atom stereocenters. The van der Waals surface area contributed by atoms with Gasteiger partial charge in [-0.1, -0.05) is 42.1 Å². The summed E-state index contributed by atoms with van der Waals surface area (Å²) in [5.74, 6) is -3.06. The Bertz CT molecular complexity index is 856. The van der Waals surface area contributed by atoms with Crippen LogP contribution in [0.5, 0.6) is 0 Å². The van der Waals surface area contributed by atoms with Crippen molar-refractivity contribution in [3.05, 3.63) is 64.7 Å². The minimum absolute atomic E-state index is 0.295. The molecule has 4 nitrogen and oxygen atoms in total. The highest BCUT2D eigenvalue weighted by atomic mass is 32.2. The van der Waals surface area contributed by atoms with E-state index in [1.165, 1.54) is 18.2 Å². The summed E-state index contributed by atoms with van der Waals surface area (Å²) in [4.78, 5) is 16.1. The predicted molar refractivity (Wildman–Crippen MR) is 81.5 cm³/mol. The zero-order valence-corrected chi connectivity index (χ0v) is 12.6. The first-order valence-electron chi connectivity index (χ1n) is 6.77. The number of benzene rings is 2. The minimum Gasteiger partial charge on any atom is -0.288 e. The Morgan fingerprint density at radius 3 is 2.61 bits per heavy atom. The molecule has 1 amide bonds. The molecule has 0 aromatic heterocycles. The number of amides is 1. The van der Waals surface area contributed by atoms with Gasteiger partial charge in [-0.2, -0.15) is 8.78 Å². The Morgan fingerprint density at radius 2 is 1.91 bits per heavy atom. The lowest BCUT2D eigenvalue weighted by Gasteiger charge is -2.18. The van der Waals surface area contributed by atoms with Crippen LogP contribution in [0, 0.1) is 0 Å². The third-order valence-electron chi connectivity index (χ3n) is 3.28. The molecule has 3 rings (SSSR count). The van der Waals surface area contributed by atoms with Gasteiger partial charge in [0, 0.05) is 15.7 Å². The largest absolute Gasteiger partial charge is 0.288 e. The van der Waals surface area contributed by atoms with Crippen molar-refractivity contribution in [3.8, 4) is 0 Å². The van der Waals surface area contributed by atoms with Crippen molar-refractivity contribution in [1.29, 1.82) is 0 Å². The van der Waals surface area contributed by atoms with E-state index in [0.717, 1.165) is 5.06 Å². The number of hydrogen-bond donors (Lipinski definition) is 1. The van der Waals surface area contributed by atoms with E-state index in [1.807, 2.05) is 6.07 Å². The molecule has 0 bridgehead atoms. The lowest BCUT2D eigenvalue weighted by Crippen LogP contribution is -2.32. The second-order valence-electron chi connectivity index (χ2n) is 4.84. The fourth-order valence-electron chi connectivity index (χ4n) is 2.39. The topological polar surface area (TPSA) is 52.9 Å². The van der Waals surface area contributed by atoms with Crippen LogP contribution in [0.1, 0.15) is 5.56 Å². The summed E-state index contributed by atoms with van der Waals surface area (Å²) in [5, 5.41) is 11.9. The Labute approximate surface area is 134 Å². The molecule has 2 aromatic rings. The Balaban J connectivity index is 2.32. The van der Waals surface area contributed by atoms with Gasteiger partial charge in [-0.15, -0.1) is 0 Å². The number of alkyl halides is 2. The van der Waals surface area contributed by atoms with Gasteiger partial charge in [0.15, 0.2) is 0 Å². The monoisotopic (exact) mass is 334 g/mol. The molecular formula is C16H12F2N2O2S. The number of hydrogen-bond acceptors (Lipinski definition) is 4. The summed E-state index contributed by atoms with van der Waals surface area (Å²) < 4.78 is 25.2. The van der Waals surface area contributed by atoms with E-state index in [4.69, 9.17) is 0 Å². The van der Waals surface area contributed by atoms with Gasteiger partial charge in [0.2, 0.25) is 0 Å². The van der Waals surface area contributed by atoms with Crippen molar-refractivity contribution in [2.75, 3.05) is 6.54 Å². The Kier molecular flexibility index (Phi) is 4.40. The van der Waals surface area contributed by atoms with Crippen molar-refractivity contribution < 1.29 is 18.8 Å². The first-order valence-corrected chi connectivity index (χ1v) is 7.65. The standard InChI is InChI=1S/C16H12F2N2O2S/c17-16(18)23-11-6-7-13-12(8-11)15(10-4-2-1-3-5-10)20(22)9-14(21)19-13/h1-8,16,22H,9H2. The van der Waals surface area contributed by atoms with Crippen LogP contribution in [0.25, 0.3) is 5.70 Å². The summed E-state index contributed by atoms with van der Waals surface area (Å²) >= 11 is 0.404. The first-order chi connectivity index (χ1) is 11.0. The normalized spacial score (nSPS) is 14.5. The molecule has 7 heteroatoms. The van der Waals surface area contributed by atoms with Crippen molar-refractivity contribution in [1.82, 2.24) is 5.06 Å². The van der Waals surface area contributed by atoms with Crippen LogP contribution in [0.2, 0.25) is 0 Å². The number of rotatable bonds is 3. The van der Waals surface area contributed by atoms with Crippen LogP contribution >= 0.6 is 11.8 Å². The summed E-state index contributed by atoms with van der Waals surface area (Å²) in [6, 6.07) is 13.5. The van der Waals surface area contributed by atoms with Crippen LogP contribution in [0.3, 0.4) is 0 Å². The second kappa shape index (κ2) is 6.47. The number of thioether (sulfide) groups is 1. The molecule has 2 aromatic carbocycles. The zero-order chi connectivity index (χ0) is 16.4. The highest BCUT2D eigenvalue weighted by Crippen LogP contribution is 2.23. The lowest BCUT2D eigenvalue weighted by molar-refractivity contribution is -0.125. The third-order valence-corrected chi connectivity index (χ3v) is 3.99. The summed E-state index contributed by atoms with van der Waals surface area (Å²) in [5.41, 5.74) is 1.03. The van der Waals surface area contributed by atoms with Gasteiger partial charge in [0.1, 0.15) is 6.54 Å². The van der Waals surface area contributed by atoms with E-state index in [0.29, 0.717) is 38.5 Å². The summed E-state index contributed by atoms with van der Waals surface area (Å²) in [6.07, 6.45) is 0. The molecule has 0 saturated heterocycles. The van der Waals surface area contributed by atoms with E-state index in [9.17, 15) is 18.8 Å². The van der Waals surface area contributed by atoms with E-state index in [-0.39, 0.29) is 6.54 Å². The third kappa shape index (κ3) is 3.40. The molecule has 23 heavy (non-hydrogen) atoms. The summed E-state index contributed by atoms with van der Waals surface area (Å²) in [6.45, 7) is -0.295. The molecule has 1 N–H and O–H groups in total. The van der Waals surface area contributed by atoms with Gasteiger partial charge in [0.05, 0.1) is 11.1 Å². The molecule has 0 radical (unpaired) electrons. The zero-order valence-electron chi connectivity index (χ0n) is 11.8. The van der Waals surface area contributed by atoms with Gasteiger partial charge in [-0.3, -0.25) is 10.0 Å². The van der Waals surface area contributed by atoms with E-state index in [2.05, 4.69) is 4.99 Å². The molecule has 0 saturated carbocycles. The Hall–Kier alpha value is -2.25. The number of carbonyl (C=O) groups is 1. The maximum atomic E-state index is 12.6. The average Bonchev–Trinajstić information content (AvgIpc) is 2.62. The van der Waals surface area contributed by atoms with Gasteiger partial charge < -0.3 is 0 Å². The van der Waals surface area contributed by atoms with Gasteiger partial charge in [-0.05, 0) is 18.2 Å². The number of carbonyl (C=O) groups excluding carboxylic acids is 1. The number of nitrogens with zero attached hydrogens (tertiary/aromatic N) is 2. The van der Waals surface area contributed by atoms with Crippen LogP contribution in [0.15, 0.2) is 58.4 Å². The maximum absolute atomic E-state index is 12.6. The molecule has 118 valence electrons. The quantitative estimate of drug-likeness (QED) is 0.873. The summed E-state index contributed by atoms with van der Waals surface area (Å²) in [7, 11) is 0. The van der Waals surface area contributed by atoms with E-state index < -0.39 is 11.7 Å². The predicted octanol–water partition coefficient (Wildman–Crippen LogP) is 2.01. The lowest BCUT2D eigenvalue weighted by atomic mass is 10.1.